The van der Waals surface area contributed by atoms with Crippen LogP contribution in [-0.2, 0) is 28.4 Å². The summed E-state index contributed by atoms with van der Waals surface area (Å²) in [6.07, 6.45) is -1.66. The first-order valence-corrected chi connectivity index (χ1v) is 10.4. The molecule has 6 heteroatoms. The molecule has 0 radical (unpaired) electrons. The fourth-order valence-corrected chi connectivity index (χ4v) is 3.08. The van der Waals surface area contributed by atoms with E-state index in [1.807, 2.05) is 69.2 Å². The maximum atomic E-state index is 6.31. The van der Waals surface area contributed by atoms with Crippen LogP contribution in [-0.4, -0.2) is 67.8 Å². The molecule has 1 rings (SSSR count). The summed E-state index contributed by atoms with van der Waals surface area (Å²) in [5.74, 6) is 0. The van der Waals surface area contributed by atoms with Crippen LogP contribution in [0.1, 0.15) is 69.2 Å². The predicted octanol–water partition coefficient (Wildman–Crippen LogP) is 3.94. The molecule has 27 heavy (non-hydrogen) atoms. The van der Waals surface area contributed by atoms with Crippen LogP contribution in [0, 0.1) is 0 Å². The van der Waals surface area contributed by atoms with Gasteiger partial charge in [0, 0.05) is 0 Å². The number of hydrogen-bond donors (Lipinski definition) is 0. The van der Waals surface area contributed by atoms with Crippen molar-refractivity contribution in [2.45, 2.75) is 130 Å². The molecule has 0 aromatic carbocycles. The van der Waals surface area contributed by atoms with Crippen molar-refractivity contribution in [3.63, 3.8) is 0 Å². The molecule has 1 heterocycles. The van der Waals surface area contributed by atoms with Gasteiger partial charge in [-0.3, -0.25) is 0 Å². The van der Waals surface area contributed by atoms with Gasteiger partial charge >= 0.3 is 0 Å². The van der Waals surface area contributed by atoms with Crippen molar-refractivity contribution in [1.29, 1.82) is 0 Å². The average Bonchev–Trinajstić information content (AvgIpc) is 2.49. The Morgan fingerprint density at radius 2 is 1.00 bits per heavy atom. The van der Waals surface area contributed by atoms with E-state index in [0.29, 0.717) is 6.61 Å². The van der Waals surface area contributed by atoms with Crippen molar-refractivity contribution in [3.8, 4) is 0 Å². The molecule has 6 nitrogen and oxygen atoms in total. The van der Waals surface area contributed by atoms with Gasteiger partial charge in [-0.2, -0.15) is 0 Å². The Kier molecular flexibility index (Phi) is 10.7. The molecule has 0 aromatic heterocycles. The highest BCUT2D eigenvalue weighted by molar-refractivity contribution is 4.94. The van der Waals surface area contributed by atoms with Gasteiger partial charge in [-0.15, -0.1) is 0 Å². The predicted molar refractivity (Wildman–Crippen MR) is 106 cm³/mol. The molecule has 0 saturated carbocycles. The normalized spacial score (nSPS) is 29.7. The lowest BCUT2D eigenvalue weighted by atomic mass is 9.97. The van der Waals surface area contributed by atoms with E-state index in [9.17, 15) is 0 Å². The van der Waals surface area contributed by atoms with Gasteiger partial charge in [0.2, 0.25) is 0 Å². The molecule has 1 saturated heterocycles. The van der Waals surface area contributed by atoms with Crippen LogP contribution in [0.4, 0.5) is 0 Å². The summed E-state index contributed by atoms with van der Waals surface area (Å²) in [4.78, 5) is 0. The van der Waals surface area contributed by atoms with Gasteiger partial charge in [0.15, 0.2) is 6.29 Å². The lowest BCUT2D eigenvalue weighted by molar-refractivity contribution is -0.340. The first kappa shape index (κ1) is 24.8. The zero-order valence-electron chi connectivity index (χ0n) is 18.9. The van der Waals surface area contributed by atoms with Gasteiger partial charge in [0.05, 0.1) is 37.1 Å². The fraction of sp³-hybridized carbons (Fsp3) is 1.00. The maximum absolute atomic E-state index is 6.31. The van der Waals surface area contributed by atoms with Crippen molar-refractivity contribution in [2.24, 2.45) is 0 Å². The molecule has 1 aliphatic heterocycles. The first-order chi connectivity index (χ1) is 12.5. The van der Waals surface area contributed by atoms with E-state index in [1.54, 1.807) is 0 Å². The molecule has 5 atom stereocenters. The van der Waals surface area contributed by atoms with Crippen molar-refractivity contribution in [2.75, 3.05) is 6.61 Å². The molecule has 0 N–H and O–H groups in total. The Labute approximate surface area is 166 Å². The minimum atomic E-state index is -0.538. The smallest absolute Gasteiger partial charge is 0.187 e. The van der Waals surface area contributed by atoms with Crippen molar-refractivity contribution >= 4 is 0 Å². The van der Waals surface area contributed by atoms with Gasteiger partial charge < -0.3 is 28.4 Å². The largest absolute Gasteiger partial charge is 0.376 e. The fourth-order valence-electron chi connectivity index (χ4n) is 3.08. The second-order valence-electron chi connectivity index (χ2n) is 8.56. The van der Waals surface area contributed by atoms with Crippen molar-refractivity contribution in [1.82, 2.24) is 0 Å². The molecular formula is C21H42O6. The molecule has 1 fully saturated rings. The summed E-state index contributed by atoms with van der Waals surface area (Å²) in [7, 11) is 0. The van der Waals surface area contributed by atoms with E-state index in [2.05, 4.69) is 0 Å². The van der Waals surface area contributed by atoms with Crippen LogP contribution in [0.5, 0.6) is 0 Å². The van der Waals surface area contributed by atoms with E-state index in [-0.39, 0.29) is 54.9 Å². The number of hydrogen-bond acceptors (Lipinski definition) is 6. The van der Waals surface area contributed by atoms with Crippen LogP contribution in [0.25, 0.3) is 0 Å². The third kappa shape index (κ3) is 8.75. The van der Waals surface area contributed by atoms with E-state index in [4.69, 9.17) is 28.4 Å². The Bertz CT molecular complexity index is 396. The van der Waals surface area contributed by atoms with Gasteiger partial charge in [0.1, 0.15) is 24.4 Å². The zero-order chi connectivity index (χ0) is 20.7. The molecule has 0 spiro atoms. The summed E-state index contributed by atoms with van der Waals surface area (Å²) in [6.45, 7) is 20.5. The Morgan fingerprint density at radius 1 is 0.556 bits per heavy atom. The Balaban J connectivity index is 3.19. The highest BCUT2D eigenvalue weighted by Gasteiger charge is 2.50. The van der Waals surface area contributed by atoms with Gasteiger partial charge in [-0.05, 0) is 69.2 Å². The molecule has 0 aliphatic carbocycles. The van der Waals surface area contributed by atoms with Crippen LogP contribution >= 0.6 is 0 Å². The number of ether oxygens (including phenoxy) is 6. The Morgan fingerprint density at radius 3 is 1.44 bits per heavy atom. The van der Waals surface area contributed by atoms with E-state index >= 15 is 0 Å². The van der Waals surface area contributed by atoms with E-state index in [0.717, 1.165) is 0 Å². The lowest BCUT2D eigenvalue weighted by Crippen LogP contribution is -2.63. The molecule has 1 aliphatic rings. The van der Waals surface area contributed by atoms with Gasteiger partial charge in [-0.1, -0.05) is 0 Å². The molecule has 0 bridgehead atoms. The third-order valence-corrected chi connectivity index (χ3v) is 3.88. The summed E-state index contributed by atoms with van der Waals surface area (Å²) < 4.78 is 37.0. The summed E-state index contributed by atoms with van der Waals surface area (Å²) in [5, 5.41) is 0. The van der Waals surface area contributed by atoms with Crippen LogP contribution in [0.15, 0.2) is 0 Å². The minimum Gasteiger partial charge on any atom is -0.376 e. The Hall–Kier alpha value is -0.240. The van der Waals surface area contributed by atoms with Crippen LogP contribution in [0.2, 0.25) is 0 Å². The van der Waals surface area contributed by atoms with Gasteiger partial charge in [-0.25, -0.2) is 0 Å². The second-order valence-corrected chi connectivity index (χ2v) is 8.56. The average molecular weight is 391 g/mol. The third-order valence-electron chi connectivity index (χ3n) is 3.88. The topological polar surface area (TPSA) is 55.4 Å². The maximum Gasteiger partial charge on any atom is 0.187 e. The quantitative estimate of drug-likeness (QED) is 0.533. The summed E-state index contributed by atoms with van der Waals surface area (Å²) >= 11 is 0. The molecular weight excluding hydrogens is 348 g/mol. The SMILES string of the molecule is CC(C)OC[C@H]1OC(OC(C)C)[C@H](OC(C)C)[C@@H](OC(C)C)[C@@H]1OC(C)C. The van der Waals surface area contributed by atoms with Gasteiger partial charge in [0.25, 0.3) is 0 Å². The standard InChI is InChI=1S/C21H42O6/c1-12(2)22-11-17-18(23-13(3)4)19(24-14(5)6)20(25-15(7)8)21(27-17)26-16(9)10/h12-21H,11H2,1-10H3/t17-,18-,19+,20-,21?/m1/s1. The highest BCUT2D eigenvalue weighted by atomic mass is 16.7. The molecule has 0 amide bonds. The zero-order valence-corrected chi connectivity index (χ0v) is 18.9. The summed E-state index contributed by atoms with van der Waals surface area (Å²) in [6, 6.07) is 0. The second kappa shape index (κ2) is 11.7. The van der Waals surface area contributed by atoms with Crippen LogP contribution < -0.4 is 0 Å². The van der Waals surface area contributed by atoms with E-state index in [1.165, 1.54) is 0 Å². The highest BCUT2D eigenvalue weighted by Crippen LogP contribution is 2.32. The van der Waals surface area contributed by atoms with E-state index < -0.39 is 6.29 Å². The minimum absolute atomic E-state index is 0.00203. The molecule has 162 valence electrons. The van der Waals surface area contributed by atoms with Crippen molar-refractivity contribution in [3.05, 3.63) is 0 Å². The van der Waals surface area contributed by atoms with Crippen molar-refractivity contribution < 1.29 is 28.4 Å². The monoisotopic (exact) mass is 390 g/mol. The van der Waals surface area contributed by atoms with Crippen LogP contribution in [0.3, 0.4) is 0 Å². The number of rotatable bonds is 11. The lowest BCUT2D eigenvalue weighted by Gasteiger charge is -2.47. The first-order valence-electron chi connectivity index (χ1n) is 10.4. The summed E-state index contributed by atoms with van der Waals surface area (Å²) in [5.41, 5.74) is 0. The molecule has 1 unspecified atom stereocenters. The molecule has 0 aromatic rings.